The maximum absolute atomic E-state index is 4.48. The molecule has 4 nitrogen and oxygen atoms in total. The van der Waals surface area contributed by atoms with Gasteiger partial charge < -0.3 is 0 Å². The molecule has 0 unspecified atom stereocenters. The van der Waals surface area contributed by atoms with E-state index in [1.807, 2.05) is 24.0 Å². The molecule has 0 aliphatic carbocycles. The van der Waals surface area contributed by atoms with Gasteiger partial charge >= 0.3 is 0 Å². The molecular formula is C13H15BrN4. The summed E-state index contributed by atoms with van der Waals surface area (Å²) in [6.45, 7) is 3.01. The number of fused-ring (bicyclic) bond motifs is 1. The molecule has 3 heterocycles. The Bertz CT molecular complexity index is 547. The second-order valence-corrected chi connectivity index (χ2v) is 5.54. The average Bonchev–Trinajstić information content (AvgIpc) is 2.71. The van der Waals surface area contributed by atoms with Crippen molar-refractivity contribution < 1.29 is 0 Å². The third-order valence-electron chi connectivity index (χ3n) is 3.25. The van der Waals surface area contributed by atoms with Gasteiger partial charge in [0, 0.05) is 51.1 Å². The third kappa shape index (κ3) is 2.47. The van der Waals surface area contributed by atoms with Crippen LogP contribution in [0.4, 0.5) is 0 Å². The number of nitrogens with zero attached hydrogens (tertiary/aromatic N) is 4. The first-order valence-corrected chi connectivity index (χ1v) is 6.84. The molecule has 3 rings (SSSR count). The predicted octanol–water partition coefficient (Wildman–Crippen LogP) is 2.14. The van der Waals surface area contributed by atoms with Gasteiger partial charge in [0.1, 0.15) is 4.60 Å². The number of hydrogen-bond acceptors (Lipinski definition) is 3. The first-order chi connectivity index (χ1) is 8.70. The fourth-order valence-electron chi connectivity index (χ4n) is 2.40. The quantitative estimate of drug-likeness (QED) is 0.797. The third-order valence-corrected chi connectivity index (χ3v) is 3.71. The van der Waals surface area contributed by atoms with Crippen LogP contribution in [0.2, 0.25) is 0 Å². The largest absolute Gasteiger partial charge is 0.294 e. The monoisotopic (exact) mass is 306 g/mol. The summed E-state index contributed by atoms with van der Waals surface area (Å²) in [5.74, 6) is 0. The lowest BCUT2D eigenvalue weighted by Crippen LogP contribution is -2.29. The van der Waals surface area contributed by atoms with Crippen molar-refractivity contribution in [2.45, 2.75) is 19.5 Å². The van der Waals surface area contributed by atoms with Gasteiger partial charge in [-0.05, 0) is 27.6 Å². The van der Waals surface area contributed by atoms with Crippen LogP contribution in [0, 0.1) is 0 Å². The van der Waals surface area contributed by atoms with Crippen molar-refractivity contribution in [3.63, 3.8) is 0 Å². The van der Waals surface area contributed by atoms with Gasteiger partial charge in [-0.2, -0.15) is 5.10 Å². The highest BCUT2D eigenvalue weighted by Crippen LogP contribution is 2.19. The minimum Gasteiger partial charge on any atom is -0.294 e. The average molecular weight is 307 g/mol. The maximum atomic E-state index is 4.48. The summed E-state index contributed by atoms with van der Waals surface area (Å²) in [5.41, 5.74) is 3.86. The van der Waals surface area contributed by atoms with Gasteiger partial charge in [0.15, 0.2) is 0 Å². The molecule has 0 saturated heterocycles. The number of hydrogen-bond donors (Lipinski definition) is 0. The molecule has 18 heavy (non-hydrogen) atoms. The molecule has 0 fully saturated rings. The molecule has 0 radical (unpaired) electrons. The van der Waals surface area contributed by atoms with Gasteiger partial charge in [0.2, 0.25) is 0 Å². The molecule has 0 amide bonds. The first-order valence-electron chi connectivity index (χ1n) is 6.05. The predicted molar refractivity (Wildman–Crippen MR) is 73.0 cm³/mol. The second kappa shape index (κ2) is 4.82. The lowest BCUT2D eigenvalue weighted by atomic mass is 10.1. The highest BCUT2D eigenvalue weighted by Gasteiger charge is 2.18. The van der Waals surface area contributed by atoms with E-state index < -0.39 is 0 Å². The summed E-state index contributed by atoms with van der Waals surface area (Å²) in [6.07, 6.45) is 5.10. The van der Waals surface area contributed by atoms with Crippen molar-refractivity contribution in [3.8, 4) is 0 Å². The highest BCUT2D eigenvalue weighted by molar-refractivity contribution is 9.10. The lowest BCUT2D eigenvalue weighted by Gasteiger charge is -2.25. The maximum Gasteiger partial charge on any atom is 0.106 e. The van der Waals surface area contributed by atoms with Crippen LogP contribution >= 0.6 is 15.9 Å². The van der Waals surface area contributed by atoms with Gasteiger partial charge in [-0.15, -0.1) is 0 Å². The summed E-state index contributed by atoms with van der Waals surface area (Å²) in [7, 11) is 1.99. The van der Waals surface area contributed by atoms with Crippen LogP contribution in [0.1, 0.15) is 16.8 Å². The molecule has 94 valence electrons. The van der Waals surface area contributed by atoms with Crippen LogP contribution in [0.15, 0.2) is 29.1 Å². The Morgan fingerprint density at radius 2 is 2.28 bits per heavy atom. The molecule has 0 bridgehead atoms. The van der Waals surface area contributed by atoms with E-state index in [0.717, 1.165) is 30.7 Å². The lowest BCUT2D eigenvalue weighted by molar-refractivity contribution is 0.244. The van der Waals surface area contributed by atoms with Crippen LogP contribution < -0.4 is 0 Å². The van der Waals surface area contributed by atoms with E-state index in [9.17, 15) is 0 Å². The summed E-state index contributed by atoms with van der Waals surface area (Å²) >= 11 is 3.36. The summed E-state index contributed by atoms with van der Waals surface area (Å²) < 4.78 is 2.80. The van der Waals surface area contributed by atoms with Crippen LogP contribution in [-0.4, -0.2) is 26.2 Å². The minimum atomic E-state index is 0.888. The highest BCUT2D eigenvalue weighted by atomic mass is 79.9. The van der Waals surface area contributed by atoms with Crippen LogP contribution in [-0.2, 0) is 26.6 Å². The molecule has 0 atom stereocenters. The number of halogens is 1. The Hall–Kier alpha value is -1.20. The zero-order valence-corrected chi connectivity index (χ0v) is 11.9. The van der Waals surface area contributed by atoms with E-state index in [4.69, 9.17) is 0 Å². The Kier molecular flexibility index (Phi) is 3.18. The topological polar surface area (TPSA) is 34.0 Å². The number of rotatable bonds is 2. The number of pyridine rings is 1. The summed E-state index contributed by atoms with van der Waals surface area (Å²) in [6, 6.07) is 4.12. The van der Waals surface area contributed by atoms with Gasteiger partial charge in [0.05, 0.1) is 5.69 Å². The van der Waals surface area contributed by atoms with Gasteiger partial charge in [-0.1, -0.05) is 6.07 Å². The van der Waals surface area contributed by atoms with Crippen LogP contribution in [0.3, 0.4) is 0 Å². The van der Waals surface area contributed by atoms with Crippen LogP contribution in [0.25, 0.3) is 0 Å². The van der Waals surface area contributed by atoms with E-state index in [1.165, 1.54) is 16.8 Å². The van der Waals surface area contributed by atoms with E-state index in [0.29, 0.717) is 0 Å². The Morgan fingerprint density at radius 3 is 3.06 bits per heavy atom. The second-order valence-electron chi connectivity index (χ2n) is 4.72. The van der Waals surface area contributed by atoms with E-state index in [2.05, 4.69) is 43.2 Å². The Labute approximate surface area is 115 Å². The van der Waals surface area contributed by atoms with Crippen molar-refractivity contribution >= 4 is 15.9 Å². The van der Waals surface area contributed by atoms with Gasteiger partial charge in [0.25, 0.3) is 0 Å². The molecule has 0 saturated carbocycles. The fraction of sp³-hybridized carbons (Fsp3) is 0.385. The zero-order valence-electron chi connectivity index (χ0n) is 10.3. The van der Waals surface area contributed by atoms with Gasteiger partial charge in [-0.25, -0.2) is 4.98 Å². The van der Waals surface area contributed by atoms with E-state index in [1.54, 1.807) is 0 Å². The minimum absolute atomic E-state index is 0.888. The molecule has 0 N–H and O–H groups in total. The molecule has 1 aliphatic rings. The summed E-state index contributed by atoms with van der Waals surface area (Å²) in [5, 5.41) is 4.48. The van der Waals surface area contributed by atoms with Crippen LogP contribution in [0.5, 0.6) is 0 Å². The number of aromatic nitrogens is 3. The smallest absolute Gasteiger partial charge is 0.106 e. The molecule has 1 aliphatic heterocycles. The number of aryl methyl sites for hydroxylation is 1. The summed E-state index contributed by atoms with van der Waals surface area (Å²) in [4.78, 5) is 6.71. The van der Waals surface area contributed by atoms with Crippen molar-refractivity contribution in [2.75, 3.05) is 6.54 Å². The molecular weight excluding hydrogens is 292 g/mol. The van der Waals surface area contributed by atoms with E-state index in [-0.39, 0.29) is 0 Å². The van der Waals surface area contributed by atoms with Crippen molar-refractivity contribution in [1.82, 2.24) is 19.7 Å². The van der Waals surface area contributed by atoms with E-state index >= 15 is 0 Å². The molecule has 0 aromatic carbocycles. The first kappa shape index (κ1) is 11.9. The SMILES string of the molecule is Cn1cc2c(n1)CCN(Cc1ccc(Br)nc1)C2. The Balaban J connectivity index is 1.70. The van der Waals surface area contributed by atoms with Crippen molar-refractivity contribution in [2.24, 2.45) is 7.05 Å². The molecule has 0 spiro atoms. The van der Waals surface area contributed by atoms with Crippen molar-refractivity contribution in [1.29, 1.82) is 0 Å². The fourth-order valence-corrected chi connectivity index (χ4v) is 2.64. The van der Waals surface area contributed by atoms with Crippen molar-refractivity contribution in [3.05, 3.63) is 46.0 Å². The standard InChI is InChI=1S/C13H15BrN4/c1-17-8-11-9-18(5-4-12(11)16-17)7-10-2-3-13(14)15-6-10/h2-3,6,8H,4-5,7,9H2,1H3. The zero-order chi connectivity index (χ0) is 12.5. The Morgan fingerprint density at radius 1 is 1.39 bits per heavy atom. The molecule has 2 aromatic heterocycles. The molecule has 5 heteroatoms. The molecule has 2 aromatic rings. The normalized spacial score (nSPS) is 15.7. The van der Waals surface area contributed by atoms with Gasteiger partial charge in [-0.3, -0.25) is 9.58 Å².